The van der Waals surface area contributed by atoms with Crippen LogP contribution >= 0.6 is 0 Å². The fourth-order valence-electron chi connectivity index (χ4n) is 2.93. The predicted octanol–water partition coefficient (Wildman–Crippen LogP) is 0.530. The maximum absolute atomic E-state index is 14.1. The highest BCUT2D eigenvalue weighted by Crippen LogP contribution is 2.24. The van der Waals surface area contributed by atoms with Gasteiger partial charge in [0.2, 0.25) is 10.0 Å². The molecule has 1 atom stereocenters. The lowest BCUT2D eigenvalue weighted by Crippen LogP contribution is -2.53. The summed E-state index contributed by atoms with van der Waals surface area (Å²) in [5.41, 5.74) is 0.737. The SMILES string of the molecule is O=C(NCc1ccncc1)C(=O)NC[C@@H]1OCCCN1S(=O)(=O)c1cc(F)ccc1F. The van der Waals surface area contributed by atoms with E-state index in [1.807, 2.05) is 0 Å². The van der Waals surface area contributed by atoms with E-state index in [-0.39, 0.29) is 26.2 Å². The fraction of sp³-hybridized carbons (Fsp3) is 0.316. The third kappa shape index (κ3) is 5.60. The van der Waals surface area contributed by atoms with E-state index < -0.39 is 44.6 Å². The minimum Gasteiger partial charge on any atom is -0.360 e. The molecular weight excluding hydrogens is 434 g/mol. The van der Waals surface area contributed by atoms with Crippen molar-refractivity contribution in [1.82, 2.24) is 19.9 Å². The number of rotatable bonds is 6. The van der Waals surface area contributed by atoms with Gasteiger partial charge in [0, 0.05) is 25.5 Å². The summed E-state index contributed by atoms with van der Waals surface area (Å²) in [6.07, 6.45) is 2.22. The molecule has 0 saturated carbocycles. The van der Waals surface area contributed by atoms with Crippen LogP contribution in [0.5, 0.6) is 0 Å². The number of nitrogens with zero attached hydrogens (tertiary/aromatic N) is 2. The van der Waals surface area contributed by atoms with Crippen LogP contribution in [-0.2, 0) is 30.9 Å². The molecule has 166 valence electrons. The molecule has 0 bridgehead atoms. The number of nitrogens with one attached hydrogen (secondary N) is 2. The molecule has 12 heteroatoms. The van der Waals surface area contributed by atoms with Gasteiger partial charge in [0.15, 0.2) is 0 Å². The van der Waals surface area contributed by atoms with Crippen LogP contribution in [-0.4, -0.2) is 55.4 Å². The normalized spacial score (nSPS) is 17.2. The highest BCUT2D eigenvalue weighted by atomic mass is 32.2. The molecule has 1 fully saturated rings. The molecule has 2 amide bonds. The first-order valence-corrected chi connectivity index (χ1v) is 10.8. The summed E-state index contributed by atoms with van der Waals surface area (Å²) in [7, 11) is -4.44. The molecule has 1 saturated heterocycles. The quantitative estimate of drug-likeness (QED) is 0.615. The van der Waals surface area contributed by atoms with Crippen molar-refractivity contribution in [3.63, 3.8) is 0 Å². The lowest BCUT2D eigenvalue weighted by atomic mass is 10.3. The zero-order chi connectivity index (χ0) is 22.4. The number of carbonyl (C=O) groups excluding carboxylic acids is 2. The summed E-state index contributed by atoms with van der Waals surface area (Å²) in [5, 5.41) is 4.73. The topological polar surface area (TPSA) is 118 Å². The predicted molar refractivity (Wildman–Crippen MR) is 104 cm³/mol. The second-order valence-electron chi connectivity index (χ2n) is 6.62. The van der Waals surface area contributed by atoms with Crippen LogP contribution < -0.4 is 10.6 Å². The number of hydrogen-bond donors (Lipinski definition) is 2. The van der Waals surface area contributed by atoms with Crippen molar-refractivity contribution in [3.8, 4) is 0 Å². The molecule has 0 radical (unpaired) electrons. The van der Waals surface area contributed by atoms with E-state index in [9.17, 15) is 26.8 Å². The molecule has 1 aliphatic heterocycles. The number of amides is 2. The van der Waals surface area contributed by atoms with Gasteiger partial charge in [-0.3, -0.25) is 14.6 Å². The Bertz CT molecular complexity index is 1050. The van der Waals surface area contributed by atoms with Gasteiger partial charge in [0.1, 0.15) is 22.8 Å². The average Bonchev–Trinajstić information content (AvgIpc) is 2.78. The minimum atomic E-state index is -4.44. The van der Waals surface area contributed by atoms with Crippen molar-refractivity contribution in [1.29, 1.82) is 0 Å². The lowest BCUT2D eigenvalue weighted by molar-refractivity contribution is -0.140. The van der Waals surface area contributed by atoms with Gasteiger partial charge in [-0.25, -0.2) is 17.2 Å². The van der Waals surface area contributed by atoms with Crippen molar-refractivity contribution in [2.75, 3.05) is 19.7 Å². The highest BCUT2D eigenvalue weighted by molar-refractivity contribution is 7.89. The standard InChI is InChI=1S/C19H20F2N4O5S/c20-14-2-3-15(21)16(10-14)31(28,29)25-8-1-9-30-17(25)12-24-19(27)18(26)23-11-13-4-6-22-7-5-13/h2-7,10,17H,1,8-9,11-12H2,(H,23,26)(H,24,27)/t17-/m0/s1. The Morgan fingerprint density at radius 1 is 1.13 bits per heavy atom. The molecule has 0 unspecified atom stereocenters. The molecule has 1 aromatic heterocycles. The molecule has 2 aromatic rings. The molecular formula is C19H20F2N4O5S. The van der Waals surface area contributed by atoms with Crippen LogP contribution in [0.3, 0.4) is 0 Å². The number of ether oxygens (including phenoxy) is 1. The molecule has 0 aliphatic carbocycles. The molecule has 1 aliphatic rings. The first-order chi connectivity index (χ1) is 14.8. The van der Waals surface area contributed by atoms with Gasteiger partial charge >= 0.3 is 11.8 Å². The third-order valence-corrected chi connectivity index (χ3v) is 6.38. The van der Waals surface area contributed by atoms with Gasteiger partial charge in [-0.1, -0.05) is 0 Å². The number of benzene rings is 1. The molecule has 1 aromatic carbocycles. The number of pyridine rings is 1. The molecule has 0 spiro atoms. The molecule has 31 heavy (non-hydrogen) atoms. The maximum atomic E-state index is 14.1. The summed E-state index contributed by atoms with van der Waals surface area (Å²) in [4.78, 5) is 27.0. The van der Waals surface area contributed by atoms with Crippen LogP contribution in [0.4, 0.5) is 8.78 Å². The van der Waals surface area contributed by atoms with Gasteiger partial charge in [-0.05, 0) is 42.3 Å². The summed E-state index contributed by atoms with van der Waals surface area (Å²) >= 11 is 0. The van der Waals surface area contributed by atoms with Gasteiger partial charge in [-0.2, -0.15) is 4.31 Å². The maximum Gasteiger partial charge on any atom is 0.309 e. The smallest absolute Gasteiger partial charge is 0.309 e. The van der Waals surface area contributed by atoms with Crippen molar-refractivity contribution in [3.05, 3.63) is 59.9 Å². The average molecular weight is 454 g/mol. The summed E-state index contributed by atoms with van der Waals surface area (Å²) in [6, 6.07) is 5.45. The van der Waals surface area contributed by atoms with Gasteiger partial charge in [0.25, 0.3) is 0 Å². The number of hydrogen-bond acceptors (Lipinski definition) is 6. The first kappa shape index (κ1) is 22.7. The van der Waals surface area contributed by atoms with Crippen LogP contribution in [0.2, 0.25) is 0 Å². The lowest BCUT2D eigenvalue weighted by Gasteiger charge is -2.34. The van der Waals surface area contributed by atoms with Gasteiger partial charge in [0.05, 0.1) is 13.2 Å². The monoisotopic (exact) mass is 454 g/mol. The minimum absolute atomic E-state index is 0.0208. The second kappa shape index (κ2) is 9.90. The summed E-state index contributed by atoms with van der Waals surface area (Å²) in [6.45, 7) is -0.0643. The van der Waals surface area contributed by atoms with E-state index in [0.29, 0.717) is 12.5 Å². The molecule has 9 nitrogen and oxygen atoms in total. The molecule has 3 rings (SSSR count). The number of carbonyl (C=O) groups is 2. The van der Waals surface area contributed by atoms with E-state index in [2.05, 4.69) is 15.6 Å². The van der Waals surface area contributed by atoms with Crippen molar-refractivity contribution >= 4 is 21.8 Å². The summed E-state index contributed by atoms with van der Waals surface area (Å²) in [5.74, 6) is -3.92. The zero-order valence-electron chi connectivity index (χ0n) is 16.3. The summed E-state index contributed by atoms with van der Waals surface area (Å²) < 4.78 is 59.5. The Hall–Kier alpha value is -2.96. The van der Waals surface area contributed by atoms with Crippen LogP contribution in [0, 0.1) is 11.6 Å². The highest BCUT2D eigenvalue weighted by Gasteiger charge is 2.36. The molecule has 2 N–H and O–H groups in total. The Balaban J connectivity index is 1.63. The Labute approximate surface area is 177 Å². The van der Waals surface area contributed by atoms with E-state index in [4.69, 9.17) is 4.74 Å². The molecule has 2 heterocycles. The Kier molecular flexibility index (Phi) is 7.25. The number of aromatic nitrogens is 1. The number of sulfonamides is 1. The van der Waals surface area contributed by atoms with Gasteiger partial charge < -0.3 is 15.4 Å². The van der Waals surface area contributed by atoms with E-state index in [1.165, 1.54) is 0 Å². The Morgan fingerprint density at radius 2 is 1.84 bits per heavy atom. The number of halogens is 2. The van der Waals surface area contributed by atoms with E-state index in [0.717, 1.165) is 22.0 Å². The van der Waals surface area contributed by atoms with Crippen molar-refractivity contribution < 1.29 is 31.5 Å². The van der Waals surface area contributed by atoms with E-state index in [1.54, 1.807) is 24.5 Å². The van der Waals surface area contributed by atoms with Crippen LogP contribution in [0.1, 0.15) is 12.0 Å². The van der Waals surface area contributed by atoms with Crippen molar-refractivity contribution in [2.45, 2.75) is 24.1 Å². The fourth-order valence-corrected chi connectivity index (χ4v) is 4.57. The first-order valence-electron chi connectivity index (χ1n) is 9.32. The van der Waals surface area contributed by atoms with Crippen LogP contribution in [0.25, 0.3) is 0 Å². The third-order valence-electron chi connectivity index (χ3n) is 4.48. The van der Waals surface area contributed by atoms with E-state index >= 15 is 0 Å². The van der Waals surface area contributed by atoms with Crippen molar-refractivity contribution in [2.24, 2.45) is 0 Å². The second-order valence-corrected chi connectivity index (χ2v) is 8.48. The van der Waals surface area contributed by atoms with Gasteiger partial charge in [-0.15, -0.1) is 0 Å². The zero-order valence-corrected chi connectivity index (χ0v) is 17.1. The van der Waals surface area contributed by atoms with Crippen LogP contribution in [0.15, 0.2) is 47.6 Å². The largest absolute Gasteiger partial charge is 0.360 e. The Morgan fingerprint density at radius 3 is 2.58 bits per heavy atom.